The van der Waals surface area contributed by atoms with Gasteiger partial charge in [-0.1, -0.05) is 0 Å². The van der Waals surface area contributed by atoms with Crippen LogP contribution in [0.5, 0.6) is 0 Å². The van der Waals surface area contributed by atoms with Crippen molar-refractivity contribution in [2.75, 3.05) is 0 Å². The van der Waals surface area contributed by atoms with E-state index in [4.69, 9.17) is 0 Å². The van der Waals surface area contributed by atoms with Crippen LogP contribution in [0.4, 0.5) is 22.0 Å². The third-order valence-corrected chi connectivity index (χ3v) is 2.22. The molecule has 0 atom stereocenters. The van der Waals surface area contributed by atoms with Gasteiger partial charge < -0.3 is 0 Å². The lowest BCUT2D eigenvalue weighted by atomic mass is 10.2. The van der Waals surface area contributed by atoms with Crippen molar-refractivity contribution < 1.29 is 22.0 Å². The van der Waals surface area contributed by atoms with Crippen LogP contribution in [0, 0.1) is 25.5 Å². The zero-order chi connectivity index (χ0) is 15.3. The molecule has 2 rings (SSSR count). The quantitative estimate of drug-likeness (QED) is 0.683. The molecule has 0 saturated carbocycles. The Morgan fingerprint density at radius 3 is 2.05 bits per heavy atom. The molecule has 0 saturated heterocycles. The highest BCUT2D eigenvalue weighted by atomic mass is 19.4. The van der Waals surface area contributed by atoms with Gasteiger partial charge in [-0.05, 0) is 26.0 Å². The van der Waals surface area contributed by atoms with E-state index in [-0.39, 0.29) is 5.69 Å². The Bertz CT molecular complexity index is 581. The number of aromatic nitrogens is 2. The molecule has 0 radical (unpaired) electrons. The molecule has 0 bridgehead atoms. The summed E-state index contributed by atoms with van der Waals surface area (Å²) in [6.45, 7) is 3.00. The Labute approximate surface area is 112 Å². The number of halogens is 5. The lowest BCUT2D eigenvalue weighted by molar-refractivity contribution is -0.137. The summed E-state index contributed by atoms with van der Waals surface area (Å²) in [5.74, 6) is -1.24. The molecular weight excluding hydrogens is 279 g/mol. The lowest BCUT2D eigenvalue weighted by Crippen LogP contribution is -2.05. The molecule has 0 spiro atoms. The first kappa shape index (κ1) is 16.0. The first-order chi connectivity index (χ1) is 9.20. The number of hydrogen-bond acceptors (Lipinski definition) is 2. The van der Waals surface area contributed by atoms with Crippen molar-refractivity contribution in [3.8, 4) is 0 Å². The van der Waals surface area contributed by atoms with Crippen LogP contribution in [0.15, 0.2) is 30.6 Å². The molecule has 7 heteroatoms. The van der Waals surface area contributed by atoms with Gasteiger partial charge in [0.1, 0.15) is 11.6 Å². The summed E-state index contributed by atoms with van der Waals surface area (Å²) in [5, 5.41) is 0. The first-order valence-corrected chi connectivity index (χ1v) is 5.47. The summed E-state index contributed by atoms with van der Waals surface area (Å²) in [6.07, 6.45) is -2.12. The van der Waals surface area contributed by atoms with Crippen molar-refractivity contribution >= 4 is 0 Å². The van der Waals surface area contributed by atoms with Gasteiger partial charge in [-0.3, -0.25) is 9.97 Å². The molecule has 20 heavy (non-hydrogen) atoms. The van der Waals surface area contributed by atoms with Gasteiger partial charge in [0.25, 0.3) is 0 Å². The summed E-state index contributed by atoms with van der Waals surface area (Å²) in [4.78, 5) is 7.08. The Kier molecular flexibility index (Phi) is 5.12. The largest absolute Gasteiger partial charge is 0.416 e. The smallest absolute Gasteiger partial charge is 0.262 e. The van der Waals surface area contributed by atoms with Crippen molar-refractivity contribution in [1.29, 1.82) is 0 Å². The maximum Gasteiger partial charge on any atom is 0.416 e. The van der Waals surface area contributed by atoms with E-state index in [9.17, 15) is 22.0 Å². The molecule has 0 unspecified atom stereocenters. The van der Waals surface area contributed by atoms with Crippen LogP contribution in [0.1, 0.15) is 17.0 Å². The Hall–Kier alpha value is -2.05. The average molecular weight is 290 g/mol. The van der Waals surface area contributed by atoms with E-state index in [2.05, 4.69) is 9.97 Å². The zero-order valence-corrected chi connectivity index (χ0v) is 10.7. The average Bonchev–Trinajstić information content (AvgIpc) is 2.34. The standard InChI is InChI=1S/C7H6F3N.C6H5F2N/c1-5-4-6(2-3-11-5)7(8,9)10;1-4-6(8)2-5(7)3-9-4/h2-4H,1H3;2-3H,1H3. The van der Waals surface area contributed by atoms with Crippen molar-refractivity contribution in [3.05, 3.63) is 59.2 Å². The van der Waals surface area contributed by atoms with Crippen LogP contribution in [0.3, 0.4) is 0 Å². The van der Waals surface area contributed by atoms with Crippen LogP contribution < -0.4 is 0 Å². The summed E-state index contributed by atoms with van der Waals surface area (Å²) in [6, 6.07) is 2.77. The molecule has 0 amide bonds. The van der Waals surface area contributed by atoms with Crippen LogP contribution in [-0.4, -0.2) is 9.97 Å². The predicted octanol–water partition coefficient (Wildman–Crippen LogP) is 4.08. The van der Waals surface area contributed by atoms with E-state index in [1.807, 2.05) is 0 Å². The van der Waals surface area contributed by atoms with Crippen LogP contribution in [-0.2, 0) is 6.18 Å². The maximum absolute atomic E-state index is 12.3. The minimum atomic E-state index is -4.26. The Morgan fingerprint density at radius 1 is 1.00 bits per heavy atom. The van der Waals surface area contributed by atoms with Crippen molar-refractivity contribution in [3.63, 3.8) is 0 Å². The van der Waals surface area contributed by atoms with E-state index in [0.29, 0.717) is 5.69 Å². The molecule has 0 fully saturated rings. The van der Waals surface area contributed by atoms with Crippen molar-refractivity contribution in [2.24, 2.45) is 0 Å². The number of hydrogen-bond donors (Lipinski definition) is 0. The number of rotatable bonds is 0. The molecule has 0 aromatic carbocycles. The Morgan fingerprint density at radius 2 is 1.65 bits per heavy atom. The predicted molar refractivity (Wildman–Crippen MR) is 62.9 cm³/mol. The van der Waals surface area contributed by atoms with Gasteiger partial charge >= 0.3 is 6.18 Å². The molecule has 2 heterocycles. The molecule has 2 aromatic rings. The second-order valence-corrected chi connectivity index (χ2v) is 3.90. The van der Waals surface area contributed by atoms with E-state index in [1.54, 1.807) is 0 Å². The van der Waals surface area contributed by atoms with Gasteiger partial charge in [-0.25, -0.2) is 8.78 Å². The molecular formula is C13H11F5N2. The first-order valence-electron chi connectivity index (χ1n) is 5.47. The third kappa shape index (κ3) is 4.91. The van der Waals surface area contributed by atoms with Crippen LogP contribution in [0.2, 0.25) is 0 Å². The molecule has 108 valence electrons. The SMILES string of the molecule is Cc1cc(C(F)(F)F)ccn1.Cc1ncc(F)cc1F. The monoisotopic (exact) mass is 290 g/mol. The van der Waals surface area contributed by atoms with E-state index < -0.39 is 23.4 Å². The number of pyridine rings is 2. The summed E-state index contributed by atoms with van der Waals surface area (Å²) < 4.78 is 60.1. The van der Waals surface area contributed by atoms with Crippen LogP contribution >= 0.6 is 0 Å². The number of nitrogens with zero attached hydrogens (tertiary/aromatic N) is 2. The highest BCUT2D eigenvalue weighted by Crippen LogP contribution is 2.28. The molecule has 0 aliphatic rings. The zero-order valence-electron chi connectivity index (χ0n) is 10.7. The minimum Gasteiger partial charge on any atom is -0.262 e. The van der Waals surface area contributed by atoms with Gasteiger partial charge in [0.15, 0.2) is 0 Å². The minimum absolute atomic E-state index is 0.219. The normalized spacial score (nSPS) is 10.8. The van der Waals surface area contributed by atoms with E-state index in [1.165, 1.54) is 13.8 Å². The van der Waals surface area contributed by atoms with Crippen molar-refractivity contribution in [2.45, 2.75) is 20.0 Å². The van der Waals surface area contributed by atoms with Gasteiger partial charge in [0.05, 0.1) is 17.5 Å². The fourth-order valence-electron chi connectivity index (χ4n) is 1.20. The van der Waals surface area contributed by atoms with E-state index >= 15 is 0 Å². The third-order valence-electron chi connectivity index (χ3n) is 2.22. The molecule has 0 aliphatic heterocycles. The number of aryl methyl sites for hydroxylation is 2. The van der Waals surface area contributed by atoms with Crippen LogP contribution in [0.25, 0.3) is 0 Å². The molecule has 0 aliphatic carbocycles. The van der Waals surface area contributed by atoms with E-state index in [0.717, 1.165) is 30.6 Å². The lowest BCUT2D eigenvalue weighted by Gasteiger charge is -2.05. The number of alkyl halides is 3. The Balaban J connectivity index is 0.000000204. The second kappa shape index (κ2) is 6.40. The highest BCUT2D eigenvalue weighted by Gasteiger charge is 2.30. The maximum atomic E-state index is 12.3. The molecule has 0 N–H and O–H groups in total. The van der Waals surface area contributed by atoms with Gasteiger partial charge in [0, 0.05) is 18.0 Å². The van der Waals surface area contributed by atoms with Gasteiger partial charge in [0.2, 0.25) is 0 Å². The second-order valence-electron chi connectivity index (χ2n) is 3.90. The topological polar surface area (TPSA) is 25.8 Å². The fourth-order valence-corrected chi connectivity index (χ4v) is 1.20. The molecule has 2 nitrogen and oxygen atoms in total. The fraction of sp³-hybridized carbons (Fsp3) is 0.231. The summed E-state index contributed by atoms with van der Waals surface area (Å²) in [7, 11) is 0. The van der Waals surface area contributed by atoms with Crippen molar-refractivity contribution in [1.82, 2.24) is 9.97 Å². The molecule has 2 aromatic heterocycles. The summed E-state index contributed by atoms with van der Waals surface area (Å²) >= 11 is 0. The summed E-state index contributed by atoms with van der Waals surface area (Å²) in [5.41, 5.74) is -0.0544. The highest BCUT2D eigenvalue weighted by molar-refractivity contribution is 5.18. The van der Waals surface area contributed by atoms with Gasteiger partial charge in [-0.2, -0.15) is 13.2 Å². The van der Waals surface area contributed by atoms with Gasteiger partial charge in [-0.15, -0.1) is 0 Å².